The van der Waals surface area contributed by atoms with E-state index >= 15 is 0 Å². The minimum absolute atomic E-state index is 0.0644. The summed E-state index contributed by atoms with van der Waals surface area (Å²) in [7, 11) is 0. The molecular formula is C43H48O6. The van der Waals surface area contributed by atoms with Crippen LogP contribution in [0.4, 0.5) is 0 Å². The molecule has 0 aromatic heterocycles. The molecule has 5 rings (SSSR count). The van der Waals surface area contributed by atoms with Gasteiger partial charge in [0.2, 0.25) is 0 Å². The van der Waals surface area contributed by atoms with Gasteiger partial charge in [0.15, 0.2) is 0 Å². The molecule has 49 heavy (non-hydrogen) atoms. The zero-order chi connectivity index (χ0) is 35.1. The molecule has 0 N–H and O–H groups in total. The molecule has 0 saturated carbocycles. The Hall–Kier alpha value is -4.84. The minimum Gasteiger partial charge on any atom is -0.488 e. The van der Waals surface area contributed by atoms with Gasteiger partial charge in [-0.05, 0) is 74.4 Å². The number of fused-ring (bicyclic) bond motifs is 2. The van der Waals surface area contributed by atoms with Gasteiger partial charge in [0.05, 0.1) is 11.1 Å². The summed E-state index contributed by atoms with van der Waals surface area (Å²) in [6.45, 7) is 15.0. The average Bonchev–Trinajstić information content (AvgIpc) is 3.11. The molecule has 256 valence electrons. The van der Waals surface area contributed by atoms with Gasteiger partial charge in [-0.3, -0.25) is 0 Å². The second-order valence-electron chi connectivity index (χ2n) is 13.4. The summed E-state index contributed by atoms with van der Waals surface area (Å²) in [6, 6.07) is 29.2. The lowest BCUT2D eigenvalue weighted by atomic mass is 9.81. The van der Waals surface area contributed by atoms with E-state index in [4.69, 9.17) is 18.9 Å². The standard InChI is InChI=1S/C43H48O6/c1-8-33(48-41(44)30-19-15-28(4)16-20-30)26-46-39-35-13-11-12-14-36(35)40(38-25-32(23-24-37(38)39)43(6,7)10-3)47-27-34(9-2)49-42(45)31-21-17-29(5)18-22-31/h11-25,33-34H,8-10,26-27H2,1-7H3. The van der Waals surface area contributed by atoms with E-state index in [9.17, 15) is 9.59 Å². The molecule has 0 radical (unpaired) electrons. The Labute approximate surface area is 290 Å². The SMILES string of the molecule is CCC(COc1c2ccccc2c(OCC(CC)OC(=O)c2ccc(C)cc2)c2cc(C(C)(C)CC)ccc12)OC(=O)c1ccc(C)cc1. The van der Waals surface area contributed by atoms with E-state index in [0.717, 1.165) is 44.8 Å². The molecule has 0 aliphatic carbocycles. The Bertz CT molecular complexity index is 1910. The minimum atomic E-state index is -0.442. The summed E-state index contributed by atoms with van der Waals surface area (Å²) in [5.41, 5.74) is 4.31. The molecule has 0 fully saturated rings. The smallest absolute Gasteiger partial charge is 0.338 e. The number of ether oxygens (including phenoxy) is 4. The van der Waals surface area contributed by atoms with E-state index in [0.29, 0.717) is 29.7 Å². The van der Waals surface area contributed by atoms with Crippen LogP contribution in [0.2, 0.25) is 0 Å². The van der Waals surface area contributed by atoms with Crippen molar-refractivity contribution in [2.45, 2.75) is 85.4 Å². The molecule has 5 aromatic rings. The number of benzene rings is 5. The average molecular weight is 661 g/mol. The summed E-state index contributed by atoms with van der Waals surface area (Å²) >= 11 is 0. The number of carbonyl (C=O) groups is 2. The van der Waals surface area contributed by atoms with E-state index in [1.54, 1.807) is 24.3 Å². The normalized spacial score (nSPS) is 12.8. The Morgan fingerprint density at radius 1 is 0.592 bits per heavy atom. The fourth-order valence-electron chi connectivity index (χ4n) is 5.68. The third-order valence-corrected chi connectivity index (χ3v) is 9.45. The van der Waals surface area contributed by atoms with Gasteiger partial charge in [-0.25, -0.2) is 9.59 Å². The second kappa shape index (κ2) is 15.6. The van der Waals surface area contributed by atoms with E-state index in [-0.39, 0.29) is 30.6 Å². The van der Waals surface area contributed by atoms with Gasteiger partial charge in [0.25, 0.3) is 0 Å². The van der Waals surface area contributed by atoms with Crippen LogP contribution in [0.15, 0.2) is 91.0 Å². The van der Waals surface area contributed by atoms with Gasteiger partial charge in [0, 0.05) is 21.5 Å². The summed E-state index contributed by atoms with van der Waals surface area (Å²) in [6.07, 6.45) is 1.28. The molecule has 6 nitrogen and oxygen atoms in total. The van der Waals surface area contributed by atoms with Crippen LogP contribution in [0.1, 0.15) is 91.3 Å². The van der Waals surface area contributed by atoms with Crippen molar-refractivity contribution >= 4 is 33.5 Å². The van der Waals surface area contributed by atoms with Gasteiger partial charge in [-0.2, -0.15) is 0 Å². The van der Waals surface area contributed by atoms with E-state index in [2.05, 4.69) is 39.0 Å². The first-order chi connectivity index (χ1) is 23.5. The molecule has 6 heteroatoms. The van der Waals surface area contributed by atoms with Crippen molar-refractivity contribution in [2.75, 3.05) is 13.2 Å². The summed E-state index contributed by atoms with van der Waals surface area (Å²) in [4.78, 5) is 25.9. The largest absolute Gasteiger partial charge is 0.488 e. The molecular weight excluding hydrogens is 612 g/mol. The number of aryl methyl sites for hydroxylation is 2. The van der Waals surface area contributed by atoms with Crippen molar-refractivity contribution in [1.29, 1.82) is 0 Å². The van der Waals surface area contributed by atoms with E-state index in [1.807, 2.05) is 76.2 Å². The lowest BCUT2D eigenvalue weighted by Gasteiger charge is -2.26. The van der Waals surface area contributed by atoms with Crippen LogP contribution in [0.3, 0.4) is 0 Å². The van der Waals surface area contributed by atoms with Crippen LogP contribution in [0.5, 0.6) is 11.5 Å². The fourth-order valence-corrected chi connectivity index (χ4v) is 5.68. The number of hydrogen-bond acceptors (Lipinski definition) is 6. The highest BCUT2D eigenvalue weighted by molar-refractivity contribution is 6.11. The fraction of sp³-hybridized carbons (Fsp3) is 0.349. The van der Waals surface area contributed by atoms with Crippen molar-refractivity contribution in [1.82, 2.24) is 0 Å². The lowest BCUT2D eigenvalue weighted by Crippen LogP contribution is -2.25. The van der Waals surface area contributed by atoms with Crippen LogP contribution in [0, 0.1) is 13.8 Å². The molecule has 0 spiro atoms. The van der Waals surface area contributed by atoms with Crippen molar-refractivity contribution in [2.24, 2.45) is 0 Å². The molecule has 0 bridgehead atoms. The Morgan fingerprint density at radius 3 is 1.45 bits per heavy atom. The Morgan fingerprint density at radius 2 is 1.02 bits per heavy atom. The quantitative estimate of drug-likeness (QED) is 0.0872. The Kier molecular flexibility index (Phi) is 11.3. The van der Waals surface area contributed by atoms with Crippen LogP contribution in [-0.4, -0.2) is 37.4 Å². The monoisotopic (exact) mass is 660 g/mol. The van der Waals surface area contributed by atoms with Crippen molar-refractivity contribution in [3.8, 4) is 11.5 Å². The number of hydrogen-bond donors (Lipinski definition) is 0. The molecule has 2 atom stereocenters. The van der Waals surface area contributed by atoms with Crippen LogP contribution < -0.4 is 9.47 Å². The molecule has 0 aliphatic heterocycles. The summed E-state index contributed by atoms with van der Waals surface area (Å²) in [5.74, 6) is 0.694. The predicted octanol–water partition coefficient (Wildman–Crippen LogP) is 10.3. The van der Waals surface area contributed by atoms with Gasteiger partial charge < -0.3 is 18.9 Å². The van der Waals surface area contributed by atoms with Gasteiger partial charge in [-0.1, -0.05) is 106 Å². The van der Waals surface area contributed by atoms with Gasteiger partial charge >= 0.3 is 11.9 Å². The first-order valence-electron chi connectivity index (χ1n) is 17.3. The molecule has 0 heterocycles. The molecule has 5 aromatic carbocycles. The zero-order valence-electron chi connectivity index (χ0n) is 29.8. The van der Waals surface area contributed by atoms with Gasteiger partial charge in [-0.15, -0.1) is 0 Å². The topological polar surface area (TPSA) is 71.1 Å². The van der Waals surface area contributed by atoms with Crippen molar-refractivity contribution < 1.29 is 28.5 Å². The molecule has 2 unspecified atom stereocenters. The molecule has 0 saturated heterocycles. The maximum atomic E-state index is 13.0. The Balaban J connectivity index is 1.48. The first kappa shape index (κ1) is 35.5. The van der Waals surface area contributed by atoms with Crippen molar-refractivity contribution in [3.63, 3.8) is 0 Å². The summed E-state index contributed by atoms with van der Waals surface area (Å²) in [5, 5.41) is 3.59. The number of carbonyl (C=O) groups excluding carboxylic acids is 2. The highest BCUT2D eigenvalue weighted by atomic mass is 16.6. The van der Waals surface area contributed by atoms with Crippen LogP contribution >= 0.6 is 0 Å². The number of esters is 2. The molecule has 0 amide bonds. The van der Waals surface area contributed by atoms with Crippen LogP contribution in [0.25, 0.3) is 21.5 Å². The first-order valence-corrected chi connectivity index (χ1v) is 17.3. The van der Waals surface area contributed by atoms with E-state index < -0.39 is 12.2 Å². The van der Waals surface area contributed by atoms with Crippen molar-refractivity contribution in [3.05, 3.63) is 119 Å². The second-order valence-corrected chi connectivity index (χ2v) is 13.4. The summed E-state index contributed by atoms with van der Waals surface area (Å²) < 4.78 is 25.1. The third kappa shape index (κ3) is 8.25. The zero-order valence-corrected chi connectivity index (χ0v) is 29.8. The van der Waals surface area contributed by atoms with Gasteiger partial charge in [0.1, 0.15) is 36.9 Å². The third-order valence-electron chi connectivity index (χ3n) is 9.45. The maximum absolute atomic E-state index is 13.0. The molecule has 0 aliphatic rings. The highest BCUT2D eigenvalue weighted by Crippen LogP contribution is 2.44. The number of rotatable bonds is 14. The lowest BCUT2D eigenvalue weighted by molar-refractivity contribution is 0.0159. The predicted molar refractivity (Wildman–Crippen MR) is 197 cm³/mol. The highest BCUT2D eigenvalue weighted by Gasteiger charge is 2.24. The van der Waals surface area contributed by atoms with E-state index in [1.165, 1.54) is 5.56 Å². The van der Waals surface area contributed by atoms with Crippen LogP contribution in [-0.2, 0) is 14.9 Å². The maximum Gasteiger partial charge on any atom is 0.338 e.